The van der Waals surface area contributed by atoms with Crippen molar-refractivity contribution in [3.8, 4) is 0 Å². The van der Waals surface area contributed by atoms with Crippen LogP contribution in [0.4, 0.5) is 0 Å². The number of fused-ring (bicyclic) bond motifs is 1. The van der Waals surface area contributed by atoms with Gasteiger partial charge in [0.15, 0.2) is 0 Å². The molecule has 0 amide bonds. The van der Waals surface area contributed by atoms with Crippen LogP contribution in [-0.4, -0.2) is 18.5 Å². The van der Waals surface area contributed by atoms with E-state index in [0.717, 1.165) is 17.4 Å². The highest BCUT2D eigenvalue weighted by molar-refractivity contribution is 7.16. The fourth-order valence-electron chi connectivity index (χ4n) is 2.52. The average Bonchev–Trinajstić information content (AvgIpc) is 2.69. The maximum Gasteiger partial charge on any atom is 0.0934 e. The molecule has 0 aliphatic carbocycles. The van der Waals surface area contributed by atoms with Gasteiger partial charge in [0.25, 0.3) is 0 Å². The molecular weight excluding hydrogens is 250 g/mol. The smallest absolute Gasteiger partial charge is 0.0934 e. The number of benzene rings is 1. The summed E-state index contributed by atoms with van der Waals surface area (Å²) in [6, 6.07) is 12.8. The Labute approximate surface area is 111 Å². The minimum atomic E-state index is 0.466. The molecule has 2 heterocycles. The summed E-state index contributed by atoms with van der Waals surface area (Å²) in [5.41, 5.74) is 2.80. The first-order chi connectivity index (χ1) is 8.24. The second kappa shape index (κ2) is 4.45. The Morgan fingerprint density at radius 3 is 2.82 bits per heavy atom. The predicted octanol–water partition coefficient (Wildman–Crippen LogP) is 3.98. The van der Waals surface area contributed by atoms with Gasteiger partial charge in [-0.15, -0.1) is 11.3 Å². The first kappa shape index (κ1) is 11.3. The first-order valence-corrected chi connectivity index (χ1v) is 6.95. The Morgan fingerprint density at radius 2 is 2.06 bits per heavy atom. The molecule has 1 aromatic heterocycles. The molecule has 0 unspecified atom stereocenters. The van der Waals surface area contributed by atoms with Crippen LogP contribution in [0.3, 0.4) is 0 Å². The normalized spacial score (nSPS) is 20.2. The lowest BCUT2D eigenvalue weighted by atomic mass is 9.89. The summed E-state index contributed by atoms with van der Waals surface area (Å²) in [6.07, 6.45) is 0. The summed E-state index contributed by atoms with van der Waals surface area (Å²) in [7, 11) is 2.17. The molecule has 3 heteroatoms. The summed E-state index contributed by atoms with van der Waals surface area (Å²) in [4.78, 5) is 3.78. The average molecular weight is 264 g/mol. The van der Waals surface area contributed by atoms with E-state index >= 15 is 0 Å². The minimum Gasteiger partial charge on any atom is -0.300 e. The summed E-state index contributed by atoms with van der Waals surface area (Å²) in [5, 5.41) is 0. The molecule has 2 aromatic rings. The Balaban J connectivity index is 2.06. The van der Waals surface area contributed by atoms with Crippen molar-refractivity contribution >= 4 is 22.9 Å². The van der Waals surface area contributed by atoms with Crippen LogP contribution >= 0.6 is 22.9 Å². The SMILES string of the molecule is CN1Cc2sc(Cl)cc2[C@H](c2ccccc2)C1. The van der Waals surface area contributed by atoms with Crippen LogP contribution in [0.5, 0.6) is 0 Å². The standard InChI is InChI=1S/C14H14ClNS/c1-16-8-12(10-5-3-2-4-6-10)11-7-14(15)17-13(11)9-16/h2-7,12H,8-9H2,1H3/t12-/m0/s1. The van der Waals surface area contributed by atoms with Gasteiger partial charge in [-0.25, -0.2) is 0 Å². The summed E-state index contributed by atoms with van der Waals surface area (Å²) in [6.45, 7) is 2.10. The zero-order chi connectivity index (χ0) is 11.8. The van der Waals surface area contributed by atoms with Gasteiger partial charge in [-0.1, -0.05) is 41.9 Å². The molecule has 1 aliphatic rings. The van der Waals surface area contributed by atoms with E-state index in [1.165, 1.54) is 16.0 Å². The molecule has 0 N–H and O–H groups in total. The van der Waals surface area contributed by atoms with Crippen LogP contribution in [0.1, 0.15) is 21.9 Å². The minimum absolute atomic E-state index is 0.466. The molecule has 0 saturated carbocycles. The molecule has 1 aliphatic heterocycles. The number of rotatable bonds is 1. The van der Waals surface area contributed by atoms with E-state index < -0.39 is 0 Å². The third kappa shape index (κ3) is 2.13. The summed E-state index contributed by atoms with van der Waals surface area (Å²) in [5.74, 6) is 0.466. The predicted molar refractivity (Wildman–Crippen MR) is 73.9 cm³/mol. The zero-order valence-electron chi connectivity index (χ0n) is 9.69. The third-order valence-electron chi connectivity index (χ3n) is 3.30. The van der Waals surface area contributed by atoms with Crippen LogP contribution in [0.15, 0.2) is 36.4 Å². The molecule has 0 spiro atoms. The fraction of sp³-hybridized carbons (Fsp3) is 0.286. The monoisotopic (exact) mass is 263 g/mol. The maximum absolute atomic E-state index is 6.15. The van der Waals surface area contributed by atoms with Crippen molar-refractivity contribution in [3.63, 3.8) is 0 Å². The van der Waals surface area contributed by atoms with E-state index in [-0.39, 0.29) is 0 Å². The highest BCUT2D eigenvalue weighted by Gasteiger charge is 2.26. The van der Waals surface area contributed by atoms with Gasteiger partial charge in [-0.3, -0.25) is 0 Å². The number of nitrogens with zero attached hydrogens (tertiary/aromatic N) is 1. The van der Waals surface area contributed by atoms with Gasteiger partial charge in [0.05, 0.1) is 4.34 Å². The molecule has 88 valence electrons. The molecule has 1 nitrogen and oxygen atoms in total. The molecule has 3 rings (SSSR count). The van der Waals surface area contributed by atoms with Gasteiger partial charge >= 0.3 is 0 Å². The molecule has 0 fully saturated rings. The molecule has 1 aromatic carbocycles. The fourth-order valence-corrected chi connectivity index (χ4v) is 3.94. The van der Waals surface area contributed by atoms with Gasteiger partial charge in [-0.2, -0.15) is 0 Å². The Morgan fingerprint density at radius 1 is 1.29 bits per heavy atom. The van der Waals surface area contributed by atoms with E-state index in [9.17, 15) is 0 Å². The van der Waals surface area contributed by atoms with Gasteiger partial charge in [-0.05, 0) is 24.2 Å². The highest BCUT2D eigenvalue weighted by Crippen LogP contribution is 2.39. The van der Waals surface area contributed by atoms with E-state index in [2.05, 4.69) is 48.3 Å². The van der Waals surface area contributed by atoms with Crippen molar-refractivity contribution in [2.75, 3.05) is 13.6 Å². The first-order valence-electron chi connectivity index (χ1n) is 5.75. The van der Waals surface area contributed by atoms with Crippen molar-refractivity contribution < 1.29 is 0 Å². The lowest BCUT2D eigenvalue weighted by Gasteiger charge is -2.30. The van der Waals surface area contributed by atoms with Crippen molar-refractivity contribution in [3.05, 3.63) is 56.7 Å². The molecule has 0 bridgehead atoms. The zero-order valence-corrected chi connectivity index (χ0v) is 11.3. The second-order valence-electron chi connectivity index (χ2n) is 4.59. The number of hydrogen-bond donors (Lipinski definition) is 0. The van der Waals surface area contributed by atoms with E-state index in [4.69, 9.17) is 11.6 Å². The third-order valence-corrected chi connectivity index (χ3v) is 4.56. The van der Waals surface area contributed by atoms with Crippen LogP contribution in [-0.2, 0) is 6.54 Å². The topological polar surface area (TPSA) is 3.24 Å². The number of halogens is 1. The number of thiophene rings is 1. The lowest BCUT2D eigenvalue weighted by molar-refractivity contribution is 0.299. The van der Waals surface area contributed by atoms with Crippen LogP contribution < -0.4 is 0 Å². The quantitative estimate of drug-likeness (QED) is 0.752. The van der Waals surface area contributed by atoms with Gasteiger partial charge in [0, 0.05) is 23.9 Å². The second-order valence-corrected chi connectivity index (χ2v) is 6.36. The Kier molecular flexibility index (Phi) is 2.95. The van der Waals surface area contributed by atoms with E-state index in [0.29, 0.717) is 5.92 Å². The van der Waals surface area contributed by atoms with Crippen LogP contribution in [0, 0.1) is 0 Å². The van der Waals surface area contributed by atoms with Crippen molar-refractivity contribution in [1.82, 2.24) is 4.90 Å². The number of hydrogen-bond acceptors (Lipinski definition) is 2. The van der Waals surface area contributed by atoms with Crippen LogP contribution in [0.25, 0.3) is 0 Å². The Hall–Kier alpha value is -0.830. The molecule has 1 atom stereocenters. The highest BCUT2D eigenvalue weighted by atomic mass is 35.5. The maximum atomic E-state index is 6.15. The largest absolute Gasteiger partial charge is 0.300 e. The van der Waals surface area contributed by atoms with E-state index in [1.807, 2.05) is 0 Å². The molecule has 0 radical (unpaired) electrons. The van der Waals surface area contributed by atoms with Gasteiger partial charge < -0.3 is 4.90 Å². The summed E-state index contributed by atoms with van der Waals surface area (Å²) >= 11 is 7.87. The van der Waals surface area contributed by atoms with Gasteiger partial charge in [0.2, 0.25) is 0 Å². The molecule has 0 saturated heterocycles. The van der Waals surface area contributed by atoms with E-state index in [1.54, 1.807) is 11.3 Å². The number of likely N-dealkylation sites (N-methyl/N-ethyl adjacent to an activating group) is 1. The van der Waals surface area contributed by atoms with Crippen LogP contribution in [0.2, 0.25) is 4.34 Å². The Bertz CT molecular complexity index is 520. The lowest BCUT2D eigenvalue weighted by Crippen LogP contribution is -2.29. The summed E-state index contributed by atoms with van der Waals surface area (Å²) < 4.78 is 0.909. The van der Waals surface area contributed by atoms with Gasteiger partial charge in [0.1, 0.15) is 0 Å². The molecular formula is C14H14ClNS. The van der Waals surface area contributed by atoms with Crippen molar-refractivity contribution in [1.29, 1.82) is 0 Å². The van der Waals surface area contributed by atoms with Crippen molar-refractivity contribution in [2.45, 2.75) is 12.5 Å². The molecule has 17 heavy (non-hydrogen) atoms. The van der Waals surface area contributed by atoms with Crippen molar-refractivity contribution in [2.24, 2.45) is 0 Å².